The van der Waals surface area contributed by atoms with Crippen LogP contribution in [0.15, 0.2) is 29.4 Å². The highest BCUT2D eigenvalue weighted by Crippen LogP contribution is 1.93. The molecule has 2 N–H and O–H groups in total. The zero-order valence-corrected chi connectivity index (χ0v) is 6.85. The van der Waals surface area contributed by atoms with E-state index in [4.69, 9.17) is 5.73 Å². The topological polar surface area (TPSA) is 38.4 Å². The largest absolute Gasteiger partial charge is 0.399 e. The third-order valence-corrected chi connectivity index (χ3v) is 1.32. The van der Waals surface area contributed by atoms with Gasteiger partial charge in [0.1, 0.15) is 4.62 Å². The smallest absolute Gasteiger partial charge is 0.102 e. The van der Waals surface area contributed by atoms with E-state index in [2.05, 4.69) is 27.5 Å². The summed E-state index contributed by atoms with van der Waals surface area (Å²) in [5.41, 5.74) is 5.99. The van der Waals surface area contributed by atoms with Gasteiger partial charge in [-0.05, 0) is 28.1 Å². The molecule has 2 nitrogen and oxygen atoms in total. The van der Waals surface area contributed by atoms with E-state index < -0.39 is 0 Å². The predicted octanol–water partition coefficient (Wildman–Crippen LogP) is 1.44. The van der Waals surface area contributed by atoms with Gasteiger partial charge < -0.3 is 5.73 Å². The quantitative estimate of drug-likeness (QED) is 0.518. The molecule has 0 bridgehead atoms. The van der Waals surface area contributed by atoms with Crippen LogP contribution in [0.25, 0.3) is 0 Å². The molecule has 0 aromatic carbocycles. The molecule has 0 radical (unpaired) electrons. The SMILES string of the molecule is C=C/C(N)=C\C(Br)=NC. The Kier molecular flexibility index (Phi) is 4.05. The van der Waals surface area contributed by atoms with E-state index in [0.29, 0.717) is 5.70 Å². The highest BCUT2D eigenvalue weighted by Gasteiger charge is 1.83. The lowest BCUT2D eigenvalue weighted by Crippen LogP contribution is -1.94. The minimum Gasteiger partial charge on any atom is -0.399 e. The van der Waals surface area contributed by atoms with Gasteiger partial charge in [0.15, 0.2) is 0 Å². The lowest BCUT2D eigenvalue weighted by Gasteiger charge is -1.88. The molecule has 0 fully saturated rings. The fourth-order valence-electron chi connectivity index (χ4n) is 0.261. The summed E-state index contributed by atoms with van der Waals surface area (Å²) in [6, 6.07) is 0. The lowest BCUT2D eigenvalue weighted by molar-refractivity contribution is 1.42. The van der Waals surface area contributed by atoms with Gasteiger partial charge in [-0.3, -0.25) is 4.99 Å². The number of allylic oxidation sites excluding steroid dienone is 2. The van der Waals surface area contributed by atoms with Crippen molar-refractivity contribution in [3.63, 3.8) is 0 Å². The van der Waals surface area contributed by atoms with Crippen LogP contribution in [0.1, 0.15) is 0 Å². The number of halogens is 1. The van der Waals surface area contributed by atoms with Crippen molar-refractivity contribution in [2.75, 3.05) is 7.05 Å². The van der Waals surface area contributed by atoms with E-state index in [1.807, 2.05) is 0 Å². The van der Waals surface area contributed by atoms with Crippen molar-refractivity contribution in [3.8, 4) is 0 Å². The Balaban J connectivity index is 4.11. The third-order valence-electron chi connectivity index (χ3n) is 0.735. The van der Waals surface area contributed by atoms with Crippen molar-refractivity contribution >= 4 is 20.6 Å². The van der Waals surface area contributed by atoms with E-state index in [9.17, 15) is 0 Å². The Hall–Kier alpha value is -0.570. The van der Waals surface area contributed by atoms with Crippen LogP contribution in [-0.2, 0) is 0 Å². The zero-order valence-electron chi connectivity index (χ0n) is 5.26. The van der Waals surface area contributed by atoms with E-state index >= 15 is 0 Å². The minimum absolute atomic E-state index is 0.604. The van der Waals surface area contributed by atoms with Gasteiger partial charge >= 0.3 is 0 Å². The third kappa shape index (κ3) is 3.97. The van der Waals surface area contributed by atoms with Crippen LogP contribution in [-0.4, -0.2) is 11.7 Å². The molecule has 0 aliphatic rings. The van der Waals surface area contributed by atoms with Crippen molar-refractivity contribution in [2.24, 2.45) is 10.7 Å². The van der Waals surface area contributed by atoms with Gasteiger partial charge in [0.05, 0.1) is 0 Å². The minimum atomic E-state index is 0.604. The molecule has 0 spiro atoms. The average Bonchev–Trinajstić information content (AvgIpc) is 1.87. The predicted molar refractivity (Wildman–Crippen MR) is 44.8 cm³/mol. The highest BCUT2D eigenvalue weighted by atomic mass is 79.9. The summed E-state index contributed by atoms with van der Waals surface area (Å²) in [5, 5.41) is 0. The molecule has 3 heteroatoms. The molecule has 0 aliphatic heterocycles. The molecule has 9 heavy (non-hydrogen) atoms. The van der Waals surface area contributed by atoms with Crippen LogP contribution in [0.3, 0.4) is 0 Å². The number of hydrogen-bond donors (Lipinski definition) is 1. The molecule has 0 unspecified atom stereocenters. The van der Waals surface area contributed by atoms with Crippen molar-refractivity contribution < 1.29 is 0 Å². The summed E-state index contributed by atoms with van der Waals surface area (Å²) >= 11 is 3.16. The maximum Gasteiger partial charge on any atom is 0.102 e. The Bertz CT molecular complexity index is 158. The molecule has 0 rings (SSSR count). The molecule has 0 aliphatic carbocycles. The number of nitrogens with two attached hydrogens (primary N) is 1. The second-order valence-corrected chi connectivity index (χ2v) is 2.21. The van der Waals surface area contributed by atoms with Crippen molar-refractivity contribution in [3.05, 3.63) is 24.4 Å². The number of aliphatic imine (C=N–C) groups is 1. The van der Waals surface area contributed by atoms with Crippen LogP contribution >= 0.6 is 15.9 Å². The van der Waals surface area contributed by atoms with E-state index in [1.54, 1.807) is 19.2 Å². The van der Waals surface area contributed by atoms with Gasteiger partial charge in [-0.25, -0.2) is 0 Å². The van der Waals surface area contributed by atoms with Crippen LogP contribution < -0.4 is 5.73 Å². The van der Waals surface area contributed by atoms with Gasteiger partial charge in [0, 0.05) is 12.7 Å². The Morgan fingerprint density at radius 3 is 2.67 bits per heavy atom. The van der Waals surface area contributed by atoms with Crippen molar-refractivity contribution in [1.82, 2.24) is 0 Å². The standard InChI is InChI=1S/C6H9BrN2/c1-3-5(8)4-6(7)9-2/h3-4H,1,8H2,2H3/b5-4+,9-6?. The molecular formula is C6H9BrN2. The average molecular weight is 189 g/mol. The second kappa shape index (κ2) is 4.32. The van der Waals surface area contributed by atoms with Crippen LogP contribution in [0.5, 0.6) is 0 Å². The zero-order chi connectivity index (χ0) is 7.28. The molecule has 50 valence electrons. The molecule has 0 heterocycles. The van der Waals surface area contributed by atoms with Crippen molar-refractivity contribution in [1.29, 1.82) is 0 Å². The summed E-state index contributed by atoms with van der Waals surface area (Å²) in [5.74, 6) is 0. The monoisotopic (exact) mass is 188 g/mol. The number of nitrogens with zero attached hydrogens (tertiary/aromatic N) is 1. The van der Waals surface area contributed by atoms with Crippen LogP contribution in [0.2, 0.25) is 0 Å². The summed E-state index contributed by atoms with van der Waals surface area (Å²) < 4.78 is 0.722. The Labute approximate surface area is 63.3 Å². The molecule has 0 saturated carbocycles. The highest BCUT2D eigenvalue weighted by molar-refractivity contribution is 9.18. The molecule has 0 aromatic rings. The first-order chi connectivity index (χ1) is 4.20. The maximum absolute atomic E-state index is 5.38. The van der Waals surface area contributed by atoms with Crippen LogP contribution in [0, 0.1) is 0 Å². The van der Waals surface area contributed by atoms with Crippen molar-refractivity contribution in [2.45, 2.75) is 0 Å². The van der Waals surface area contributed by atoms with Gasteiger partial charge in [-0.15, -0.1) is 0 Å². The fourth-order valence-corrected chi connectivity index (χ4v) is 0.525. The lowest BCUT2D eigenvalue weighted by atomic mass is 10.4. The Morgan fingerprint density at radius 1 is 1.78 bits per heavy atom. The van der Waals surface area contributed by atoms with Gasteiger partial charge in [0.2, 0.25) is 0 Å². The summed E-state index contributed by atoms with van der Waals surface area (Å²) in [6.45, 7) is 3.48. The fraction of sp³-hybridized carbons (Fsp3) is 0.167. The number of hydrogen-bond acceptors (Lipinski definition) is 2. The van der Waals surface area contributed by atoms with Gasteiger partial charge in [0.25, 0.3) is 0 Å². The molecule has 0 aromatic heterocycles. The summed E-state index contributed by atoms with van der Waals surface area (Å²) in [6.07, 6.45) is 3.25. The summed E-state index contributed by atoms with van der Waals surface area (Å²) in [7, 11) is 1.68. The van der Waals surface area contributed by atoms with E-state index in [-0.39, 0.29) is 0 Å². The first-order valence-corrected chi connectivity index (χ1v) is 3.22. The van der Waals surface area contributed by atoms with Gasteiger partial charge in [-0.1, -0.05) is 6.58 Å². The van der Waals surface area contributed by atoms with Crippen LogP contribution in [0.4, 0.5) is 0 Å². The van der Waals surface area contributed by atoms with E-state index in [1.165, 1.54) is 0 Å². The Morgan fingerprint density at radius 2 is 2.33 bits per heavy atom. The first-order valence-electron chi connectivity index (χ1n) is 2.42. The number of rotatable bonds is 2. The maximum atomic E-state index is 5.38. The molecule has 0 amide bonds. The molecule has 0 atom stereocenters. The second-order valence-electron chi connectivity index (χ2n) is 1.39. The molecule has 0 saturated heterocycles. The van der Waals surface area contributed by atoms with Gasteiger partial charge in [-0.2, -0.15) is 0 Å². The first kappa shape index (κ1) is 8.43. The molecular weight excluding hydrogens is 180 g/mol. The van der Waals surface area contributed by atoms with E-state index in [0.717, 1.165) is 4.62 Å². The normalized spacial score (nSPS) is 13.6. The summed E-state index contributed by atoms with van der Waals surface area (Å²) in [4.78, 5) is 3.81.